The maximum Gasteiger partial charge on any atom is 0.134 e. The number of nitrogens with one attached hydrogen (secondary N) is 1. The lowest BCUT2D eigenvalue weighted by Crippen LogP contribution is -2.40. The minimum absolute atomic E-state index is 0.655. The van der Waals surface area contributed by atoms with Crippen LogP contribution in [0.4, 0.5) is 11.6 Å². The van der Waals surface area contributed by atoms with Crippen molar-refractivity contribution in [1.29, 1.82) is 0 Å². The molecule has 2 rings (SSSR count). The summed E-state index contributed by atoms with van der Waals surface area (Å²) in [5.41, 5.74) is 0. The zero-order chi connectivity index (χ0) is 14.4. The minimum Gasteiger partial charge on any atom is -0.370 e. The Labute approximate surface area is 123 Å². The molecular formula is C16H28N4. The van der Waals surface area contributed by atoms with Gasteiger partial charge in [-0.2, -0.15) is 0 Å². The number of aryl methyl sites for hydroxylation is 1. The lowest BCUT2D eigenvalue weighted by molar-refractivity contribution is 0.431. The topological polar surface area (TPSA) is 41.0 Å². The number of nitrogens with zero attached hydrogens (tertiary/aromatic N) is 3. The van der Waals surface area contributed by atoms with Gasteiger partial charge in [0.1, 0.15) is 17.5 Å². The van der Waals surface area contributed by atoms with Crippen LogP contribution in [0.25, 0.3) is 0 Å². The molecule has 1 N–H and O–H groups in total. The van der Waals surface area contributed by atoms with Crippen molar-refractivity contribution in [2.45, 2.75) is 65.3 Å². The normalized spacial score (nSPS) is 19.1. The molecule has 0 radical (unpaired) electrons. The van der Waals surface area contributed by atoms with Gasteiger partial charge in [0.05, 0.1) is 0 Å². The summed E-state index contributed by atoms with van der Waals surface area (Å²) in [5, 5.41) is 3.33. The van der Waals surface area contributed by atoms with E-state index in [9.17, 15) is 0 Å². The van der Waals surface area contributed by atoms with E-state index in [1.165, 1.54) is 32.1 Å². The van der Waals surface area contributed by atoms with Crippen molar-refractivity contribution < 1.29 is 0 Å². The van der Waals surface area contributed by atoms with Gasteiger partial charge in [-0.25, -0.2) is 9.97 Å². The third-order valence-electron chi connectivity index (χ3n) is 3.98. The van der Waals surface area contributed by atoms with Crippen LogP contribution >= 0.6 is 0 Å². The molecule has 1 aliphatic rings. The Balaban J connectivity index is 2.26. The highest BCUT2D eigenvalue weighted by Crippen LogP contribution is 2.27. The molecule has 20 heavy (non-hydrogen) atoms. The Kier molecular flexibility index (Phi) is 5.62. The van der Waals surface area contributed by atoms with E-state index in [-0.39, 0.29) is 0 Å². The van der Waals surface area contributed by atoms with Gasteiger partial charge >= 0.3 is 0 Å². The highest BCUT2D eigenvalue weighted by molar-refractivity contribution is 5.50. The molecule has 0 saturated carbocycles. The molecule has 1 aromatic heterocycles. The summed E-state index contributed by atoms with van der Waals surface area (Å²) in [6.45, 7) is 8.53. The van der Waals surface area contributed by atoms with Crippen LogP contribution in [0, 0.1) is 0 Å². The van der Waals surface area contributed by atoms with Crippen LogP contribution in [-0.2, 0) is 6.42 Å². The van der Waals surface area contributed by atoms with Gasteiger partial charge in [0.15, 0.2) is 0 Å². The van der Waals surface area contributed by atoms with E-state index in [1.54, 1.807) is 0 Å². The number of hydrogen-bond donors (Lipinski definition) is 1. The van der Waals surface area contributed by atoms with Crippen molar-refractivity contribution in [2.24, 2.45) is 0 Å². The molecule has 2 heterocycles. The minimum atomic E-state index is 0.655. The van der Waals surface area contributed by atoms with Gasteiger partial charge in [0.2, 0.25) is 0 Å². The molecule has 4 nitrogen and oxygen atoms in total. The Bertz CT molecular complexity index is 417. The van der Waals surface area contributed by atoms with Crippen molar-refractivity contribution >= 4 is 11.6 Å². The Morgan fingerprint density at radius 1 is 1.25 bits per heavy atom. The molecule has 0 aromatic carbocycles. The van der Waals surface area contributed by atoms with Crippen LogP contribution in [0.2, 0.25) is 0 Å². The molecule has 1 unspecified atom stereocenters. The zero-order valence-electron chi connectivity index (χ0n) is 13.2. The molecule has 0 amide bonds. The van der Waals surface area contributed by atoms with Crippen LogP contribution in [0.3, 0.4) is 0 Å². The van der Waals surface area contributed by atoms with E-state index in [2.05, 4.69) is 42.0 Å². The fourth-order valence-corrected chi connectivity index (χ4v) is 3.00. The maximum atomic E-state index is 4.77. The number of anilines is 2. The van der Waals surface area contributed by atoms with Crippen molar-refractivity contribution in [3.63, 3.8) is 0 Å². The van der Waals surface area contributed by atoms with Crippen LogP contribution in [0.5, 0.6) is 0 Å². The monoisotopic (exact) mass is 276 g/mol. The van der Waals surface area contributed by atoms with Crippen LogP contribution in [-0.4, -0.2) is 29.1 Å². The fraction of sp³-hybridized carbons (Fsp3) is 0.750. The largest absolute Gasteiger partial charge is 0.370 e. The molecular weight excluding hydrogens is 248 g/mol. The zero-order valence-corrected chi connectivity index (χ0v) is 13.2. The molecule has 0 bridgehead atoms. The number of hydrogen-bond acceptors (Lipinski definition) is 4. The molecule has 1 aromatic rings. The lowest BCUT2D eigenvalue weighted by atomic mass is 9.98. The number of rotatable bonds is 6. The summed E-state index contributed by atoms with van der Waals surface area (Å²) in [5.74, 6) is 3.03. The van der Waals surface area contributed by atoms with Crippen LogP contribution in [0.1, 0.15) is 58.7 Å². The van der Waals surface area contributed by atoms with E-state index in [4.69, 9.17) is 4.98 Å². The summed E-state index contributed by atoms with van der Waals surface area (Å²) in [4.78, 5) is 11.8. The number of piperidine rings is 1. The van der Waals surface area contributed by atoms with E-state index >= 15 is 0 Å². The molecule has 0 aliphatic carbocycles. The molecule has 4 heteroatoms. The van der Waals surface area contributed by atoms with Gasteiger partial charge in [-0.1, -0.05) is 20.3 Å². The second-order valence-corrected chi connectivity index (χ2v) is 5.54. The first-order chi connectivity index (χ1) is 9.78. The average molecular weight is 276 g/mol. The van der Waals surface area contributed by atoms with Crippen LogP contribution in [0.15, 0.2) is 6.07 Å². The molecule has 1 fully saturated rings. The second-order valence-electron chi connectivity index (χ2n) is 5.54. The molecule has 112 valence electrons. The van der Waals surface area contributed by atoms with Crippen molar-refractivity contribution in [3.05, 3.63) is 11.9 Å². The standard InChI is InChI=1S/C16H28N4/c1-4-9-13-10-7-8-11-20(13)16-12-15(17-6-3)18-14(5-2)19-16/h12-13H,4-11H2,1-3H3,(H,17,18,19). The predicted octanol–water partition coefficient (Wildman–Crippen LogP) is 3.63. The molecule has 1 saturated heterocycles. The second kappa shape index (κ2) is 7.46. The van der Waals surface area contributed by atoms with E-state index in [0.717, 1.165) is 37.0 Å². The third-order valence-corrected chi connectivity index (χ3v) is 3.98. The summed E-state index contributed by atoms with van der Waals surface area (Å²) in [7, 11) is 0. The first-order valence-corrected chi connectivity index (χ1v) is 8.16. The molecule has 1 aliphatic heterocycles. The molecule has 1 atom stereocenters. The van der Waals surface area contributed by atoms with Crippen LogP contribution < -0.4 is 10.2 Å². The Hall–Kier alpha value is -1.32. The van der Waals surface area contributed by atoms with Crippen molar-refractivity contribution in [1.82, 2.24) is 9.97 Å². The molecule has 0 spiro atoms. The third kappa shape index (κ3) is 3.62. The van der Waals surface area contributed by atoms with Gasteiger partial charge in [-0.05, 0) is 32.6 Å². The highest BCUT2D eigenvalue weighted by Gasteiger charge is 2.23. The Morgan fingerprint density at radius 3 is 2.80 bits per heavy atom. The van der Waals surface area contributed by atoms with E-state index in [1.807, 2.05) is 0 Å². The number of aromatic nitrogens is 2. The smallest absolute Gasteiger partial charge is 0.134 e. The van der Waals surface area contributed by atoms with E-state index in [0.29, 0.717) is 6.04 Å². The Morgan fingerprint density at radius 2 is 2.10 bits per heavy atom. The lowest BCUT2D eigenvalue weighted by Gasteiger charge is -2.37. The quantitative estimate of drug-likeness (QED) is 0.861. The summed E-state index contributed by atoms with van der Waals surface area (Å²) in [6, 6.07) is 2.78. The van der Waals surface area contributed by atoms with Crippen molar-refractivity contribution in [3.8, 4) is 0 Å². The summed E-state index contributed by atoms with van der Waals surface area (Å²) in [6.07, 6.45) is 7.33. The maximum absolute atomic E-state index is 4.77. The first-order valence-electron chi connectivity index (χ1n) is 8.16. The predicted molar refractivity (Wildman–Crippen MR) is 85.5 cm³/mol. The van der Waals surface area contributed by atoms with Gasteiger partial charge in [-0.3, -0.25) is 0 Å². The summed E-state index contributed by atoms with van der Waals surface area (Å²) < 4.78 is 0. The van der Waals surface area contributed by atoms with Gasteiger partial charge in [0.25, 0.3) is 0 Å². The summed E-state index contributed by atoms with van der Waals surface area (Å²) >= 11 is 0. The fourth-order valence-electron chi connectivity index (χ4n) is 3.00. The van der Waals surface area contributed by atoms with Gasteiger partial charge < -0.3 is 10.2 Å². The van der Waals surface area contributed by atoms with E-state index < -0.39 is 0 Å². The van der Waals surface area contributed by atoms with Gasteiger partial charge in [0, 0.05) is 31.6 Å². The highest BCUT2D eigenvalue weighted by atomic mass is 15.2. The SMILES string of the molecule is CCCC1CCCCN1c1cc(NCC)nc(CC)n1. The average Bonchev–Trinajstić information content (AvgIpc) is 2.48. The van der Waals surface area contributed by atoms with Gasteiger partial charge in [-0.15, -0.1) is 0 Å². The first kappa shape index (κ1) is 15.1. The van der Waals surface area contributed by atoms with Crippen molar-refractivity contribution in [2.75, 3.05) is 23.3 Å².